The van der Waals surface area contributed by atoms with Gasteiger partial charge in [-0.15, -0.1) is 16.8 Å². The zero-order valence-electron chi connectivity index (χ0n) is 11.5. The Bertz CT molecular complexity index is 611. The fraction of sp³-hybridized carbons (Fsp3) is 0.308. The Morgan fingerprint density at radius 2 is 2.30 bits per heavy atom. The number of thioether (sulfide) groups is 1. The van der Waals surface area contributed by atoms with Gasteiger partial charge in [0, 0.05) is 30.1 Å². The fourth-order valence-electron chi connectivity index (χ4n) is 1.69. The van der Waals surface area contributed by atoms with Crippen LogP contribution in [0.15, 0.2) is 30.1 Å². The molecule has 0 atom stereocenters. The molecule has 2 aromatic heterocycles. The van der Waals surface area contributed by atoms with Gasteiger partial charge >= 0.3 is 0 Å². The SMILES string of the molecule is C=CCn1c(N)nnc1SCc1cc(OC)c(C)cn1. The third-order valence-corrected chi connectivity index (χ3v) is 3.74. The van der Waals surface area contributed by atoms with Gasteiger partial charge in [-0.2, -0.15) is 0 Å². The zero-order chi connectivity index (χ0) is 14.5. The number of hydrogen-bond donors (Lipinski definition) is 1. The first-order chi connectivity index (χ1) is 9.65. The van der Waals surface area contributed by atoms with Crippen molar-refractivity contribution < 1.29 is 4.74 Å². The molecule has 2 aromatic rings. The molecular weight excluding hydrogens is 274 g/mol. The number of methoxy groups -OCH3 is 1. The van der Waals surface area contributed by atoms with Crippen LogP contribution in [0.1, 0.15) is 11.3 Å². The number of nitrogen functional groups attached to an aromatic ring is 1. The van der Waals surface area contributed by atoms with E-state index in [0.29, 0.717) is 18.2 Å². The number of nitrogens with zero attached hydrogens (tertiary/aromatic N) is 4. The highest BCUT2D eigenvalue weighted by Gasteiger charge is 2.10. The molecule has 2 N–H and O–H groups in total. The number of ether oxygens (including phenoxy) is 1. The second kappa shape index (κ2) is 6.42. The zero-order valence-corrected chi connectivity index (χ0v) is 12.4. The van der Waals surface area contributed by atoms with Crippen molar-refractivity contribution in [3.05, 3.63) is 36.2 Å². The number of anilines is 1. The molecule has 6 nitrogen and oxygen atoms in total. The Balaban J connectivity index is 2.10. The predicted octanol–water partition coefficient (Wildman–Crippen LogP) is 2.05. The van der Waals surface area contributed by atoms with Crippen molar-refractivity contribution in [1.29, 1.82) is 0 Å². The summed E-state index contributed by atoms with van der Waals surface area (Å²) in [4.78, 5) is 4.37. The highest BCUT2D eigenvalue weighted by atomic mass is 32.2. The largest absolute Gasteiger partial charge is 0.496 e. The van der Waals surface area contributed by atoms with E-state index >= 15 is 0 Å². The van der Waals surface area contributed by atoms with Crippen LogP contribution < -0.4 is 10.5 Å². The smallest absolute Gasteiger partial charge is 0.222 e. The van der Waals surface area contributed by atoms with Gasteiger partial charge in [0.2, 0.25) is 5.95 Å². The van der Waals surface area contributed by atoms with Crippen LogP contribution in [0.3, 0.4) is 0 Å². The molecule has 20 heavy (non-hydrogen) atoms. The van der Waals surface area contributed by atoms with E-state index in [1.165, 1.54) is 11.8 Å². The lowest BCUT2D eigenvalue weighted by Crippen LogP contribution is -2.03. The lowest BCUT2D eigenvalue weighted by Gasteiger charge is -2.07. The Kier molecular flexibility index (Phi) is 4.62. The molecule has 0 fully saturated rings. The Hall–Kier alpha value is -2.02. The van der Waals surface area contributed by atoms with Gasteiger partial charge in [0.1, 0.15) is 5.75 Å². The van der Waals surface area contributed by atoms with Crippen molar-refractivity contribution in [3.8, 4) is 5.75 Å². The number of pyridine rings is 1. The molecule has 0 amide bonds. The summed E-state index contributed by atoms with van der Waals surface area (Å²) >= 11 is 1.53. The van der Waals surface area contributed by atoms with E-state index in [1.807, 2.05) is 17.6 Å². The summed E-state index contributed by atoms with van der Waals surface area (Å²) in [6.07, 6.45) is 3.56. The number of aryl methyl sites for hydroxylation is 1. The highest BCUT2D eigenvalue weighted by molar-refractivity contribution is 7.98. The predicted molar refractivity (Wildman–Crippen MR) is 79.7 cm³/mol. The van der Waals surface area contributed by atoms with E-state index < -0.39 is 0 Å². The third-order valence-electron chi connectivity index (χ3n) is 2.74. The third kappa shape index (κ3) is 3.11. The minimum absolute atomic E-state index is 0.391. The molecule has 0 aromatic carbocycles. The molecule has 0 saturated heterocycles. The average molecular weight is 291 g/mol. The molecule has 7 heteroatoms. The highest BCUT2D eigenvalue weighted by Crippen LogP contribution is 2.24. The van der Waals surface area contributed by atoms with Crippen LogP contribution in [-0.4, -0.2) is 26.9 Å². The quantitative estimate of drug-likeness (QED) is 0.648. The summed E-state index contributed by atoms with van der Waals surface area (Å²) in [6.45, 7) is 6.25. The van der Waals surface area contributed by atoms with E-state index in [-0.39, 0.29) is 0 Å². The maximum Gasteiger partial charge on any atom is 0.222 e. The lowest BCUT2D eigenvalue weighted by molar-refractivity contribution is 0.410. The van der Waals surface area contributed by atoms with Gasteiger partial charge in [-0.25, -0.2) is 0 Å². The standard InChI is InChI=1S/C13H17N5OS/c1-4-5-18-12(14)16-17-13(18)20-8-10-6-11(19-3)9(2)7-15-10/h4,6-7H,1,5,8H2,2-3H3,(H2,14,16). The first kappa shape index (κ1) is 14.4. The molecule has 0 spiro atoms. The number of nitrogens with two attached hydrogens (primary N) is 1. The summed E-state index contributed by atoms with van der Waals surface area (Å²) < 4.78 is 7.10. The van der Waals surface area contributed by atoms with Gasteiger partial charge in [0.15, 0.2) is 5.16 Å². The molecule has 0 aliphatic rings. The minimum Gasteiger partial charge on any atom is -0.496 e. The molecule has 0 radical (unpaired) electrons. The molecule has 0 aliphatic heterocycles. The van der Waals surface area contributed by atoms with Crippen molar-refractivity contribution in [2.75, 3.05) is 12.8 Å². The van der Waals surface area contributed by atoms with Crippen LogP contribution in [-0.2, 0) is 12.3 Å². The van der Waals surface area contributed by atoms with E-state index in [9.17, 15) is 0 Å². The Labute approximate surface area is 122 Å². The second-order valence-corrected chi connectivity index (χ2v) is 5.12. The molecule has 2 heterocycles. The summed E-state index contributed by atoms with van der Waals surface area (Å²) in [6, 6.07) is 1.93. The average Bonchev–Trinajstić information content (AvgIpc) is 2.80. The second-order valence-electron chi connectivity index (χ2n) is 4.17. The molecule has 0 aliphatic carbocycles. The Morgan fingerprint density at radius 1 is 1.50 bits per heavy atom. The van der Waals surface area contributed by atoms with E-state index in [4.69, 9.17) is 10.5 Å². The topological polar surface area (TPSA) is 78.9 Å². The van der Waals surface area contributed by atoms with E-state index in [0.717, 1.165) is 22.2 Å². The van der Waals surface area contributed by atoms with Crippen molar-refractivity contribution in [3.63, 3.8) is 0 Å². The van der Waals surface area contributed by atoms with Crippen LogP contribution in [0.2, 0.25) is 0 Å². The lowest BCUT2D eigenvalue weighted by atomic mass is 10.2. The van der Waals surface area contributed by atoms with Crippen LogP contribution in [0, 0.1) is 6.92 Å². The van der Waals surface area contributed by atoms with Gasteiger partial charge in [0.05, 0.1) is 12.8 Å². The van der Waals surface area contributed by atoms with Gasteiger partial charge < -0.3 is 10.5 Å². The van der Waals surface area contributed by atoms with Crippen molar-refractivity contribution in [1.82, 2.24) is 19.7 Å². The van der Waals surface area contributed by atoms with Crippen LogP contribution in [0.5, 0.6) is 5.75 Å². The molecule has 106 valence electrons. The number of allylic oxidation sites excluding steroid dienone is 1. The van der Waals surface area contributed by atoms with Crippen molar-refractivity contribution in [2.24, 2.45) is 0 Å². The summed E-state index contributed by atoms with van der Waals surface area (Å²) in [5, 5.41) is 8.68. The fourth-order valence-corrected chi connectivity index (χ4v) is 2.55. The summed E-state index contributed by atoms with van der Waals surface area (Å²) in [5.74, 6) is 1.90. The van der Waals surface area contributed by atoms with Crippen molar-refractivity contribution >= 4 is 17.7 Å². The van der Waals surface area contributed by atoms with E-state index in [1.54, 1.807) is 19.4 Å². The van der Waals surface area contributed by atoms with Crippen molar-refractivity contribution in [2.45, 2.75) is 24.4 Å². The molecular formula is C13H17N5OS. The molecule has 2 rings (SSSR count). The number of rotatable bonds is 6. The maximum atomic E-state index is 5.75. The van der Waals surface area contributed by atoms with Crippen LogP contribution in [0.4, 0.5) is 5.95 Å². The van der Waals surface area contributed by atoms with Gasteiger partial charge in [0.25, 0.3) is 0 Å². The normalized spacial score (nSPS) is 10.5. The van der Waals surface area contributed by atoms with Crippen LogP contribution >= 0.6 is 11.8 Å². The molecule has 0 saturated carbocycles. The first-order valence-corrected chi connectivity index (χ1v) is 7.06. The minimum atomic E-state index is 0.391. The monoisotopic (exact) mass is 291 g/mol. The summed E-state index contributed by atoms with van der Waals surface area (Å²) in [5.41, 5.74) is 7.69. The van der Waals surface area contributed by atoms with Gasteiger partial charge in [-0.3, -0.25) is 9.55 Å². The number of aromatic nitrogens is 4. The van der Waals surface area contributed by atoms with Gasteiger partial charge in [-0.1, -0.05) is 17.8 Å². The summed E-state index contributed by atoms with van der Waals surface area (Å²) in [7, 11) is 1.65. The maximum absolute atomic E-state index is 5.75. The Morgan fingerprint density at radius 3 is 3.00 bits per heavy atom. The van der Waals surface area contributed by atoms with Gasteiger partial charge in [-0.05, 0) is 6.92 Å². The number of hydrogen-bond acceptors (Lipinski definition) is 6. The van der Waals surface area contributed by atoms with Crippen LogP contribution in [0.25, 0.3) is 0 Å². The molecule has 0 bridgehead atoms. The van der Waals surface area contributed by atoms with E-state index in [2.05, 4.69) is 21.8 Å². The first-order valence-electron chi connectivity index (χ1n) is 6.07. The molecule has 0 unspecified atom stereocenters.